The zero-order chi connectivity index (χ0) is 16.6. The van der Waals surface area contributed by atoms with E-state index in [0.717, 1.165) is 34.6 Å². The maximum atomic E-state index is 5.50. The summed E-state index contributed by atoms with van der Waals surface area (Å²) >= 11 is 1.73. The van der Waals surface area contributed by atoms with Crippen LogP contribution >= 0.6 is 11.8 Å². The van der Waals surface area contributed by atoms with Gasteiger partial charge in [0.15, 0.2) is 17.3 Å². The van der Waals surface area contributed by atoms with E-state index in [1.165, 1.54) is 17.7 Å². The lowest BCUT2D eigenvalue weighted by Crippen LogP contribution is -2.02. The van der Waals surface area contributed by atoms with Crippen LogP contribution in [0.3, 0.4) is 0 Å². The highest BCUT2D eigenvalue weighted by atomic mass is 32.2. The summed E-state index contributed by atoms with van der Waals surface area (Å²) < 4.78 is 12.8. The van der Waals surface area contributed by atoms with Crippen molar-refractivity contribution in [2.75, 3.05) is 6.79 Å². The van der Waals surface area contributed by atoms with E-state index in [-0.39, 0.29) is 6.79 Å². The van der Waals surface area contributed by atoms with Crippen molar-refractivity contribution in [2.45, 2.75) is 29.4 Å². The van der Waals surface area contributed by atoms with Gasteiger partial charge in [-0.3, -0.25) is 4.98 Å². The van der Waals surface area contributed by atoms with Crippen molar-refractivity contribution in [2.24, 2.45) is 0 Å². The minimum Gasteiger partial charge on any atom is -0.454 e. The summed E-state index contributed by atoms with van der Waals surface area (Å²) in [5.41, 5.74) is 0.953. The third-order valence-corrected chi connectivity index (χ3v) is 5.26. The van der Waals surface area contributed by atoms with Crippen LogP contribution < -0.4 is 9.47 Å². The average molecular weight is 352 g/mol. The van der Waals surface area contributed by atoms with Gasteiger partial charge in [0.25, 0.3) is 0 Å². The maximum absolute atomic E-state index is 5.50. The first kappa shape index (κ1) is 14.8. The van der Waals surface area contributed by atoms with E-state index in [1.807, 2.05) is 35.0 Å². The van der Waals surface area contributed by atoms with Crippen molar-refractivity contribution < 1.29 is 9.47 Å². The summed E-state index contributed by atoms with van der Waals surface area (Å²) in [7, 11) is 0. The molecule has 3 aromatic rings. The van der Waals surface area contributed by atoms with Gasteiger partial charge >= 0.3 is 0 Å². The lowest BCUT2D eigenvalue weighted by atomic mass is 10.3. The fraction of sp³-hybridized carbons (Fsp3) is 0.278. The molecule has 3 heterocycles. The van der Waals surface area contributed by atoms with Crippen LogP contribution in [-0.2, 0) is 5.75 Å². The third kappa shape index (κ3) is 2.95. The Morgan fingerprint density at radius 2 is 1.92 bits per heavy atom. The van der Waals surface area contributed by atoms with Gasteiger partial charge in [0, 0.05) is 29.3 Å². The first-order chi connectivity index (χ1) is 12.4. The molecule has 5 rings (SSSR count). The van der Waals surface area contributed by atoms with Gasteiger partial charge in [0.05, 0.1) is 11.4 Å². The van der Waals surface area contributed by atoms with Crippen molar-refractivity contribution in [1.82, 2.24) is 19.7 Å². The van der Waals surface area contributed by atoms with Crippen LogP contribution in [-0.4, -0.2) is 26.5 Å². The fourth-order valence-corrected chi connectivity index (χ4v) is 3.57. The van der Waals surface area contributed by atoms with Crippen LogP contribution in [0.1, 0.15) is 30.4 Å². The standard InChI is InChI=1S/C18H16N4O2S/c1-2-12(1)18-20-17(10-25-14-5-7-19-8-6-14)22(21-18)13-3-4-15-16(9-13)24-11-23-15/h3-9,12H,1-2,10-11H2. The molecule has 0 spiro atoms. The summed E-state index contributed by atoms with van der Waals surface area (Å²) in [6, 6.07) is 9.91. The van der Waals surface area contributed by atoms with Gasteiger partial charge in [-0.05, 0) is 37.1 Å². The maximum Gasteiger partial charge on any atom is 0.231 e. The number of aromatic nitrogens is 4. The first-order valence-corrected chi connectivity index (χ1v) is 9.24. The number of hydrogen-bond acceptors (Lipinski definition) is 6. The van der Waals surface area contributed by atoms with E-state index in [4.69, 9.17) is 19.6 Å². The van der Waals surface area contributed by atoms with E-state index in [1.54, 1.807) is 24.2 Å². The summed E-state index contributed by atoms with van der Waals surface area (Å²) in [5.74, 6) is 4.69. The molecule has 0 saturated heterocycles. The van der Waals surface area contributed by atoms with Crippen LogP contribution in [0.25, 0.3) is 5.69 Å². The van der Waals surface area contributed by atoms with Gasteiger partial charge in [-0.15, -0.1) is 11.8 Å². The second-order valence-corrected chi connectivity index (χ2v) is 7.13. The van der Waals surface area contributed by atoms with Gasteiger partial charge < -0.3 is 9.47 Å². The van der Waals surface area contributed by atoms with Crippen LogP contribution in [0.2, 0.25) is 0 Å². The number of pyridine rings is 1. The molecule has 2 aromatic heterocycles. The molecule has 1 aliphatic heterocycles. The van der Waals surface area contributed by atoms with Gasteiger partial charge in [-0.1, -0.05) is 0 Å². The molecule has 0 bridgehead atoms. The summed E-state index contributed by atoms with van der Waals surface area (Å²) in [5, 5.41) is 4.76. The molecule has 126 valence electrons. The average Bonchev–Trinajstić information content (AvgIpc) is 3.25. The summed E-state index contributed by atoms with van der Waals surface area (Å²) in [6.07, 6.45) is 5.98. The first-order valence-electron chi connectivity index (χ1n) is 8.25. The molecule has 1 aliphatic carbocycles. The third-order valence-electron chi connectivity index (χ3n) is 4.25. The second kappa shape index (κ2) is 6.07. The van der Waals surface area contributed by atoms with E-state index >= 15 is 0 Å². The van der Waals surface area contributed by atoms with E-state index in [9.17, 15) is 0 Å². The highest BCUT2D eigenvalue weighted by molar-refractivity contribution is 7.98. The lowest BCUT2D eigenvalue weighted by Gasteiger charge is -2.07. The van der Waals surface area contributed by atoms with E-state index in [0.29, 0.717) is 5.92 Å². The fourth-order valence-electron chi connectivity index (χ4n) is 2.78. The molecule has 6 nitrogen and oxygen atoms in total. The number of rotatable bonds is 5. The second-order valence-electron chi connectivity index (χ2n) is 6.08. The van der Waals surface area contributed by atoms with Crippen molar-refractivity contribution >= 4 is 11.8 Å². The predicted octanol–water partition coefficient (Wildman–Crippen LogP) is 3.56. The minimum atomic E-state index is 0.272. The Labute approximate surface area is 149 Å². The number of ether oxygens (including phenoxy) is 2. The molecule has 0 N–H and O–H groups in total. The zero-order valence-corrected chi connectivity index (χ0v) is 14.3. The normalized spacial score (nSPS) is 15.5. The largest absolute Gasteiger partial charge is 0.454 e. The van der Waals surface area contributed by atoms with Gasteiger partial charge in [-0.2, -0.15) is 5.10 Å². The molecule has 1 fully saturated rings. The van der Waals surface area contributed by atoms with Crippen molar-refractivity contribution in [1.29, 1.82) is 0 Å². The molecule has 0 radical (unpaired) electrons. The highest BCUT2D eigenvalue weighted by Gasteiger charge is 2.29. The van der Waals surface area contributed by atoms with E-state index < -0.39 is 0 Å². The topological polar surface area (TPSA) is 62.1 Å². The monoisotopic (exact) mass is 352 g/mol. The number of thioether (sulfide) groups is 1. The minimum absolute atomic E-state index is 0.272. The van der Waals surface area contributed by atoms with Crippen molar-refractivity contribution in [3.63, 3.8) is 0 Å². The molecule has 0 atom stereocenters. The van der Waals surface area contributed by atoms with Gasteiger partial charge in [-0.25, -0.2) is 9.67 Å². The molecule has 1 aromatic carbocycles. The molecule has 2 aliphatic rings. The summed E-state index contributed by atoms with van der Waals surface area (Å²) in [4.78, 5) is 10.0. The van der Waals surface area contributed by atoms with Crippen LogP contribution in [0.4, 0.5) is 0 Å². The number of fused-ring (bicyclic) bond motifs is 1. The molecule has 1 saturated carbocycles. The van der Waals surface area contributed by atoms with Gasteiger partial charge in [0.2, 0.25) is 6.79 Å². The van der Waals surface area contributed by atoms with Crippen molar-refractivity contribution in [3.05, 3.63) is 54.4 Å². The number of nitrogens with zero attached hydrogens (tertiary/aromatic N) is 4. The quantitative estimate of drug-likeness (QED) is 0.654. The Morgan fingerprint density at radius 1 is 1.08 bits per heavy atom. The Kier molecular flexibility index (Phi) is 3.59. The smallest absolute Gasteiger partial charge is 0.231 e. The molecular formula is C18H16N4O2S. The van der Waals surface area contributed by atoms with Crippen molar-refractivity contribution in [3.8, 4) is 17.2 Å². The Hall–Kier alpha value is -2.54. The molecule has 25 heavy (non-hydrogen) atoms. The predicted molar refractivity (Wildman–Crippen MR) is 93.3 cm³/mol. The molecule has 7 heteroatoms. The Bertz CT molecular complexity index is 909. The lowest BCUT2D eigenvalue weighted by molar-refractivity contribution is 0.174. The van der Waals surface area contributed by atoms with Crippen LogP contribution in [0.5, 0.6) is 11.5 Å². The molecular weight excluding hydrogens is 336 g/mol. The highest BCUT2D eigenvalue weighted by Crippen LogP contribution is 2.39. The molecule has 0 amide bonds. The number of hydrogen-bond donors (Lipinski definition) is 0. The Balaban J connectivity index is 1.47. The number of benzene rings is 1. The Morgan fingerprint density at radius 3 is 2.76 bits per heavy atom. The SMILES string of the molecule is c1cc(SCc2nc(C3CC3)nn2-c2ccc3c(c2)OCO3)ccn1. The van der Waals surface area contributed by atoms with Gasteiger partial charge in [0.1, 0.15) is 5.82 Å². The van der Waals surface area contributed by atoms with Crippen LogP contribution in [0, 0.1) is 0 Å². The van der Waals surface area contributed by atoms with Crippen LogP contribution in [0.15, 0.2) is 47.6 Å². The zero-order valence-electron chi connectivity index (χ0n) is 13.5. The van der Waals surface area contributed by atoms with E-state index in [2.05, 4.69) is 4.98 Å². The summed E-state index contributed by atoms with van der Waals surface area (Å²) in [6.45, 7) is 0.272. The molecule has 0 unspecified atom stereocenters.